The van der Waals surface area contributed by atoms with Crippen LogP contribution in [0.1, 0.15) is 32.1 Å². The van der Waals surface area contributed by atoms with E-state index < -0.39 is 0 Å². The van der Waals surface area contributed by atoms with Gasteiger partial charge in [-0.05, 0) is 58.8 Å². The van der Waals surface area contributed by atoms with E-state index in [4.69, 9.17) is 11.5 Å². The van der Waals surface area contributed by atoms with Crippen LogP contribution < -0.4 is 16.8 Å². The summed E-state index contributed by atoms with van der Waals surface area (Å²) in [6.07, 6.45) is 4.95. The Morgan fingerprint density at radius 3 is 2.26 bits per heavy atom. The van der Waals surface area contributed by atoms with Crippen LogP contribution in [0, 0.1) is 5.92 Å². The summed E-state index contributed by atoms with van der Waals surface area (Å²) in [5.74, 6) is 1.86. The number of hydrogen-bond donors (Lipinski definition) is 3. The average molecular weight is 409 g/mol. The number of esters is 1. The Bertz CT molecular complexity index is 360. The molecule has 0 bridgehead atoms. The van der Waals surface area contributed by atoms with Gasteiger partial charge in [-0.1, -0.05) is 6.42 Å². The van der Waals surface area contributed by atoms with E-state index in [1.165, 1.54) is 14.2 Å². The molecule has 0 aliphatic carbocycles. The van der Waals surface area contributed by atoms with Gasteiger partial charge in [0, 0.05) is 18.8 Å². The number of ether oxygens (including phenoxy) is 2. The zero-order valence-electron chi connectivity index (χ0n) is 17.5. The minimum absolute atomic E-state index is 0.145. The van der Waals surface area contributed by atoms with Gasteiger partial charge in [-0.25, -0.2) is 4.79 Å². The van der Waals surface area contributed by atoms with E-state index >= 15 is 0 Å². The minimum Gasteiger partial charge on any atom is -0.468 e. The van der Waals surface area contributed by atoms with Crippen molar-refractivity contribution in [1.29, 1.82) is 0 Å². The predicted octanol–water partition coefficient (Wildman–Crippen LogP) is 1.28. The molecule has 0 aromatic heterocycles. The van der Waals surface area contributed by atoms with Crippen molar-refractivity contribution in [2.45, 2.75) is 32.1 Å². The molecule has 0 aliphatic rings. The van der Waals surface area contributed by atoms with Gasteiger partial charge in [0.25, 0.3) is 0 Å². The van der Waals surface area contributed by atoms with Crippen molar-refractivity contribution in [3.63, 3.8) is 0 Å². The lowest BCUT2D eigenvalue weighted by molar-refractivity contribution is -0.137. The Labute approximate surface area is 169 Å². The Morgan fingerprint density at radius 1 is 1.07 bits per heavy atom. The van der Waals surface area contributed by atoms with E-state index in [9.17, 15) is 9.59 Å². The molecule has 0 aromatic carbocycles. The molecule has 27 heavy (non-hydrogen) atoms. The second-order valence-corrected chi connectivity index (χ2v) is 7.48. The van der Waals surface area contributed by atoms with Crippen molar-refractivity contribution in [3.05, 3.63) is 0 Å². The third kappa shape index (κ3) is 22.9. The molecule has 1 unspecified atom stereocenters. The lowest BCUT2D eigenvalue weighted by Crippen LogP contribution is -2.24. The SMILES string of the molecule is COC(=O)CSCCN(C)C.COC(=O)NCCCCC(CN)CCCN. The summed E-state index contributed by atoms with van der Waals surface area (Å²) in [6.45, 7) is 3.13. The summed E-state index contributed by atoms with van der Waals surface area (Å²) in [4.78, 5) is 23.4. The molecule has 1 amide bonds. The molecule has 0 aliphatic heterocycles. The first kappa shape index (κ1) is 28.2. The molecule has 162 valence electrons. The second kappa shape index (κ2) is 21.3. The Kier molecular flexibility index (Phi) is 22.2. The fraction of sp³-hybridized carbons (Fsp3) is 0.889. The van der Waals surface area contributed by atoms with Crippen LogP contribution in [-0.2, 0) is 14.3 Å². The van der Waals surface area contributed by atoms with Gasteiger partial charge in [0.15, 0.2) is 0 Å². The summed E-state index contributed by atoms with van der Waals surface area (Å²) in [6, 6.07) is 0. The fourth-order valence-electron chi connectivity index (χ4n) is 2.07. The number of carbonyl (C=O) groups excluding carboxylic acids is 2. The highest BCUT2D eigenvalue weighted by Crippen LogP contribution is 2.12. The van der Waals surface area contributed by atoms with Crippen molar-refractivity contribution in [2.75, 3.05) is 66.0 Å². The molecular formula is C18H40N4O4S. The summed E-state index contributed by atoms with van der Waals surface area (Å²) in [5, 5.41) is 2.65. The summed E-state index contributed by atoms with van der Waals surface area (Å²) in [5.41, 5.74) is 11.1. The summed E-state index contributed by atoms with van der Waals surface area (Å²) < 4.78 is 8.95. The summed E-state index contributed by atoms with van der Waals surface area (Å²) >= 11 is 1.60. The highest BCUT2D eigenvalue weighted by Gasteiger charge is 2.05. The monoisotopic (exact) mass is 408 g/mol. The van der Waals surface area contributed by atoms with Crippen LogP contribution in [0.25, 0.3) is 0 Å². The molecule has 0 saturated heterocycles. The number of alkyl carbamates (subject to hydrolysis) is 1. The standard InChI is InChI=1S/C11H25N3O2.C7H15NO2S/c1-16-11(15)14-8-3-2-5-10(9-13)6-4-7-12;1-8(2)4-5-11-6-7(9)10-3/h10H,2-9,12-13H2,1H3,(H,14,15);4-6H2,1-3H3. The fourth-order valence-corrected chi connectivity index (χ4v) is 2.99. The Balaban J connectivity index is 0. The number of nitrogens with two attached hydrogens (primary N) is 2. The van der Waals surface area contributed by atoms with Crippen molar-refractivity contribution < 1.29 is 19.1 Å². The molecule has 0 aromatic rings. The normalized spacial score (nSPS) is 11.4. The van der Waals surface area contributed by atoms with Crippen LogP contribution in [0.3, 0.4) is 0 Å². The molecule has 0 saturated carbocycles. The van der Waals surface area contributed by atoms with Crippen molar-refractivity contribution >= 4 is 23.8 Å². The average Bonchev–Trinajstić information content (AvgIpc) is 2.67. The maximum absolute atomic E-state index is 10.7. The summed E-state index contributed by atoms with van der Waals surface area (Å²) in [7, 11) is 6.80. The van der Waals surface area contributed by atoms with Gasteiger partial charge in [0.2, 0.25) is 0 Å². The number of methoxy groups -OCH3 is 2. The van der Waals surface area contributed by atoms with Crippen LogP contribution in [-0.4, -0.2) is 83.0 Å². The van der Waals surface area contributed by atoms with E-state index in [0.29, 0.717) is 18.2 Å². The lowest BCUT2D eigenvalue weighted by Gasteiger charge is -2.13. The molecule has 8 nitrogen and oxygen atoms in total. The molecule has 5 N–H and O–H groups in total. The van der Waals surface area contributed by atoms with Crippen LogP contribution >= 0.6 is 11.8 Å². The number of carbonyl (C=O) groups is 2. The molecule has 0 fully saturated rings. The number of amides is 1. The number of unbranched alkanes of at least 4 members (excludes halogenated alkanes) is 1. The van der Waals surface area contributed by atoms with Gasteiger partial charge >= 0.3 is 12.1 Å². The molecule has 9 heteroatoms. The molecular weight excluding hydrogens is 368 g/mol. The second-order valence-electron chi connectivity index (χ2n) is 6.38. The van der Waals surface area contributed by atoms with Gasteiger partial charge < -0.3 is 31.2 Å². The molecule has 0 heterocycles. The first-order valence-electron chi connectivity index (χ1n) is 9.42. The van der Waals surface area contributed by atoms with Crippen molar-refractivity contribution in [3.8, 4) is 0 Å². The third-order valence-electron chi connectivity index (χ3n) is 3.77. The zero-order valence-corrected chi connectivity index (χ0v) is 18.3. The molecule has 0 rings (SSSR count). The van der Waals surface area contributed by atoms with Crippen molar-refractivity contribution in [2.24, 2.45) is 17.4 Å². The minimum atomic E-state index is -0.362. The van der Waals surface area contributed by atoms with E-state index in [1.54, 1.807) is 11.8 Å². The maximum Gasteiger partial charge on any atom is 0.406 e. The number of nitrogens with one attached hydrogen (secondary N) is 1. The first-order chi connectivity index (χ1) is 12.9. The number of thioether (sulfide) groups is 1. The number of hydrogen-bond acceptors (Lipinski definition) is 8. The van der Waals surface area contributed by atoms with Crippen LogP contribution in [0.4, 0.5) is 4.79 Å². The van der Waals surface area contributed by atoms with Crippen LogP contribution in [0.15, 0.2) is 0 Å². The smallest absolute Gasteiger partial charge is 0.406 e. The van der Waals surface area contributed by atoms with Gasteiger partial charge in [-0.3, -0.25) is 4.79 Å². The van der Waals surface area contributed by atoms with Gasteiger partial charge in [-0.15, -0.1) is 11.8 Å². The highest BCUT2D eigenvalue weighted by molar-refractivity contribution is 7.99. The van der Waals surface area contributed by atoms with Crippen LogP contribution in [0.5, 0.6) is 0 Å². The highest BCUT2D eigenvalue weighted by atomic mass is 32.2. The van der Waals surface area contributed by atoms with Gasteiger partial charge in [0.05, 0.1) is 20.0 Å². The lowest BCUT2D eigenvalue weighted by atomic mass is 9.97. The molecule has 1 atom stereocenters. The molecule has 0 spiro atoms. The first-order valence-corrected chi connectivity index (χ1v) is 10.6. The zero-order chi connectivity index (χ0) is 20.9. The van der Waals surface area contributed by atoms with E-state index in [1.807, 2.05) is 14.1 Å². The quantitative estimate of drug-likeness (QED) is 0.290. The number of nitrogens with zero attached hydrogens (tertiary/aromatic N) is 1. The number of rotatable bonds is 14. The predicted molar refractivity (Wildman–Crippen MR) is 113 cm³/mol. The largest absolute Gasteiger partial charge is 0.468 e. The Morgan fingerprint density at radius 2 is 1.74 bits per heavy atom. The van der Waals surface area contributed by atoms with Gasteiger partial charge in [0.1, 0.15) is 0 Å². The van der Waals surface area contributed by atoms with E-state index in [2.05, 4.69) is 19.7 Å². The van der Waals surface area contributed by atoms with Crippen LogP contribution in [0.2, 0.25) is 0 Å². The van der Waals surface area contributed by atoms with Crippen molar-refractivity contribution in [1.82, 2.24) is 10.2 Å². The van der Waals surface area contributed by atoms with Gasteiger partial charge in [-0.2, -0.15) is 0 Å². The molecule has 0 radical (unpaired) electrons. The van der Waals surface area contributed by atoms with E-state index in [0.717, 1.165) is 57.5 Å². The van der Waals surface area contributed by atoms with E-state index in [-0.39, 0.29) is 12.1 Å². The Hall–Kier alpha value is -1.03. The topological polar surface area (TPSA) is 120 Å². The third-order valence-corrected chi connectivity index (χ3v) is 4.69. The maximum atomic E-state index is 10.7.